The smallest absolute Gasteiger partial charge is 0.227 e. The molecular weight excluding hydrogens is 302 g/mol. The van der Waals surface area contributed by atoms with Crippen molar-refractivity contribution in [2.24, 2.45) is 17.6 Å². The van der Waals surface area contributed by atoms with E-state index in [9.17, 15) is 9.59 Å². The summed E-state index contributed by atoms with van der Waals surface area (Å²) in [6.07, 6.45) is 2.63. The Morgan fingerprint density at radius 2 is 2.04 bits per heavy atom. The highest BCUT2D eigenvalue weighted by molar-refractivity contribution is 5.82. The van der Waals surface area contributed by atoms with Crippen LogP contribution in [-0.2, 0) is 9.59 Å². The molecule has 5 nitrogen and oxygen atoms in total. The van der Waals surface area contributed by atoms with Crippen molar-refractivity contribution in [2.45, 2.75) is 39.2 Å². The maximum absolute atomic E-state index is 12.8. The molecule has 0 radical (unpaired) electrons. The third kappa shape index (κ3) is 4.57. The van der Waals surface area contributed by atoms with Gasteiger partial charge in [-0.05, 0) is 24.8 Å². The molecule has 0 aromatic heterocycles. The van der Waals surface area contributed by atoms with Crippen molar-refractivity contribution < 1.29 is 9.59 Å². The molecule has 1 aliphatic heterocycles. The number of nitrogens with one attached hydrogen (secondary N) is 1. The minimum Gasteiger partial charge on any atom is -0.356 e. The van der Waals surface area contributed by atoms with Gasteiger partial charge in [0.15, 0.2) is 0 Å². The van der Waals surface area contributed by atoms with Crippen molar-refractivity contribution in [1.82, 2.24) is 10.2 Å². The molecule has 3 atom stereocenters. The van der Waals surface area contributed by atoms with Gasteiger partial charge in [-0.2, -0.15) is 0 Å². The van der Waals surface area contributed by atoms with Crippen molar-refractivity contribution in [3.63, 3.8) is 0 Å². The van der Waals surface area contributed by atoms with Gasteiger partial charge in [0.05, 0.1) is 11.8 Å². The van der Waals surface area contributed by atoms with Crippen LogP contribution in [0.1, 0.15) is 44.7 Å². The molecule has 0 saturated carbocycles. The zero-order valence-electron chi connectivity index (χ0n) is 14.7. The van der Waals surface area contributed by atoms with Crippen LogP contribution >= 0.6 is 0 Å². The van der Waals surface area contributed by atoms with Crippen LogP contribution in [0.3, 0.4) is 0 Å². The quantitative estimate of drug-likeness (QED) is 0.838. The van der Waals surface area contributed by atoms with E-state index in [0.717, 1.165) is 24.8 Å². The fourth-order valence-electron chi connectivity index (χ4n) is 3.19. The molecule has 24 heavy (non-hydrogen) atoms. The number of nitrogens with two attached hydrogens (primary N) is 1. The van der Waals surface area contributed by atoms with Crippen LogP contribution in [0.25, 0.3) is 0 Å². The normalized spacial score (nSPS) is 20.3. The number of carbonyl (C=O) groups is 2. The van der Waals surface area contributed by atoms with E-state index >= 15 is 0 Å². The number of piperidine rings is 1. The highest BCUT2D eigenvalue weighted by atomic mass is 16.2. The molecule has 0 bridgehead atoms. The Balaban J connectivity index is 1.97. The molecule has 1 aliphatic rings. The summed E-state index contributed by atoms with van der Waals surface area (Å²) in [6, 6.07) is 9.38. The first kappa shape index (κ1) is 18.5. The average molecular weight is 331 g/mol. The van der Waals surface area contributed by atoms with Crippen LogP contribution in [-0.4, -0.2) is 36.3 Å². The molecular formula is C19H29N3O2. The Morgan fingerprint density at radius 3 is 2.71 bits per heavy atom. The fraction of sp³-hybridized carbons (Fsp3) is 0.579. The van der Waals surface area contributed by atoms with Gasteiger partial charge >= 0.3 is 0 Å². The lowest BCUT2D eigenvalue weighted by molar-refractivity contribution is -0.139. The predicted octanol–water partition coefficient (Wildman–Crippen LogP) is 2.09. The molecule has 1 fully saturated rings. The van der Waals surface area contributed by atoms with Crippen LogP contribution in [0.5, 0.6) is 0 Å². The van der Waals surface area contributed by atoms with Crippen molar-refractivity contribution in [3.8, 4) is 0 Å². The van der Waals surface area contributed by atoms with Crippen molar-refractivity contribution in [1.29, 1.82) is 0 Å². The second-order valence-corrected chi connectivity index (χ2v) is 6.64. The predicted molar refractivity (Wildman–Crippen MR) is 95.1 cm³/mol. The summed E-state index contributed by atoms with van der Waals surface area (Å²) < 4.78 is 0. The second-order valence-electron chi connectivity index (χ2n) is 6.64. The molecule has 5 heteroatoms. The Hall–Kier alpha value is -1.88. The first-order chi connectivity index (χ1) is 11.5. The van der Waals surface area contributed by atoms with Crippen molar-refractivity contribution >= 4 is 11.8 Å². The summed E-state index contributed by atoms with van der Waals surface area (Å²) in [5.74, 6) is -0.298. The van der Waals surface area contributed by atoms with Gasteiger partial charge in [-0.1, -0.05) is 44.2 Å². The van der Waals surface area contributed by atoms with Crippen LogP contribution in [0.2, 0.25) is 0 Å². The lowest BCUT2D eigenvalue weighted by Gasteiger charge is -2.35. The van der Waals surface area contributed by atoms with Gasteiger partial charge in [0.1, 0.15) is 0 Å². The van der Waals surface area contributed by atoms with Crippen molar-refractivity contribution in [3.05, 3.63) is 35.9 Å². The molecule has 132 valence electrons. The fourth-order valence-corrected chi connectivity index (χ4v) is 3.19. The number of rotatable bonds is 6. The van der Waals surface area contributed by atoms with Gasteiger partial charge in [-0.25, -0.2) is 0 Å². The minimum atomic E-state index is -0.326. The van der Waals surface area contributed by atoms with E-state index in [1.807, 2.05) is 49.1 Å². The van der Waals surface area contributed by atoms with E-state index in [-0.39, 0.29) is 29.7 Å². The first-order valence-corrected chi connectivity index (χ1v) is 8.91. The molecule has 3 N–H and O–H groups in total. The van der Waals surface area contributed by atoms with Gasteiger partial charge < -0.3 is 16.0 Å². The Labute approximate surface area is 144 Å². The summed E-state index contributed by atoms with van der Waals surface area (Å²) >= 11 is 0. The molecule has 3 unspecified atom stereocenters. The average Bonchev–Trinajstić information content (AvgIpc) is 2.65. The van der Waals surface area contributed by atoms with Gasteiger partial charge in [-0.3, -0.25) is 9.59 Å². The lowest BCUT2D eigenvalue weighted by Crippen LogP contribution is -2.48. The number of likely N-dealkylation sites (tertiary alicyclic amines) is 1. The zero-order valence-corrected chi connectivity index (χ0v) is 14.7. The van der Waals surface area contributed by atoms with Crippen LogP contribution in [0, 0.1) is 11.8 Å². The summed E-state index contributed by atoms with van der Waals surface area (Å²) in [5, 5.41) is 2.94. The number of hydrogen-bond acceptors (Lipinski definition) is 3. The second kappa shape index (κ2) is 8.83. The SMILES string of the molecule is CCCNC(=O)C1CCCN(C(=O)C(C)C(N)c2ccccc2)C1. The van der Waals surface area contributed by atoms with E-state index in [1.54, 1.807) is 0 Å². The topological polar surface area (TPSA) is 75.4 Å². The third-order valence-electron chi connectivity index (χ3n) is 4.77. The van der Waals surface area contributed by atoms with E-state index in [4.69, 9.17) is 5.73 Å². The number of benzene rings is 1. The number of nitrogens with zero attached hydrogens (tertiary/aromatic N) is 1. The number of amides is 2. The number of hydrogen-bond donors (Lipinski definition) is 2. The minimum absolute atomic E-state index is 0.0411. The molecule has 1 aromatic rings. The number of carbonyl (C=O) groups excluding carboxylic acids is 2. The van der Waals surface area contributed by atoms with Crippen LogP contribution < -0.4 is 11.1 Å². The van der Waals surface area contributed by atoms with E-state index in [2.05, 4.69) is 5.32 Å². The molecule has 0 spiro atoms. The Bertz CT molecular complexity index is 547. The van der Waals surface area contributed by atoms with Gasteiger partial charge in [0.25, 0.3) is 0 Å². The summed E-state index contributed by atoms with van der Waals surface area (Å²) in [7, 11) is 0. The molecule has 2 amide bonds. The molecule has 1 saturated heterocycles. The van der Waals surface area contributed by atoms with Gasteiger partial charge in [0.2, 0.25) is 11.8 Å². The maximum atomic E-state index is 12.8. The van der Waals surface area contributed by atoms with Gasteiger partial charge in [0, 0.05) is 25.7 Å². The van der Waals surface area contributed by atoms with Gasteiger partial charge in [-0.15, -0.1) is 0 Å². The summed E-state index contributed by atoms with van der Waals surface area (Å²) in [4.78, 5) is 26.8. The van der Waals surface area contributed by atoms with Crippen LogP contribution in [0.15, 0.2) is 30.3 Å². The molecule has 2 rings (SSSR count). The third-order valence-corrected chi connectivity index (χ3v) is 4.77. The summed E-state index contributed by atoms with van der Waals surface area (Å²) in [6.45, 7) is 5.81. The van der Waals surface area contributed by atoms with E-state index in [1.165, 1.54) is 0 Å². The lowest BCUT2D eigenvalue weighted by atomic mass is 9.91. The molecule has 0 aliphatic carbocycles. The Morgan fingerprint density at radius 1 is 1.33 bits per heavy atom. The summed E-state index contributed by atoms with van der Waals surface area (Å²) in [5.41, 5.74) is 7.24. The van der Waals surface area contributed by atoms with Crippen LogP contribution in [0.4, 0.5) is 0 Å². The highest BCUT2D eigenvalue weighted by Crippen LogP contribution is 2.24. The first-order valence-electron chi connectivity index (χ1n) is 8.91. The van der Waals surface area contributed by atoms with E-state index in [0.29, 0.717) is 19.6 Å². The monoisotopic (exact) mass is 331 g/mol. The molecule has 1 aromatic carbocycles. The van der Waals surface area contributed by atoms with Crippen molar-refractivity contribution in [2.75, 3.05) is 19.6 Å². The van der Waals surface area contributed by atoms with E-state index < -0.39 is 0 Å². The largest absolute Gasteiger partial charge is 0.356 e. The standard InChI is InChI=1S/C19H29N3O2/c1-3-11-21-18(23)16-10-7-12-22(13-16)19(24)14(2)17(20)15-8-5-4-6-9-15/h4-6,8-9,14,16-17H,3,7,10-13,20H2,1-2H3,(H,21,23). The highest BCUT2D eigenvalue weighted by Gasteiger charge is 2.32. The molecule has 1 heterocycles. The Kier molecular flexibility index (Phi) is 6.79. The zero-order chi connectivity index (χ0) is 17.5. The maximum Gasteiger partial charge on any atom is 0.227 e.